The quantitative estimate of drug-likeness (QED) is 0.724. The Morgan fingerprint density at radius 2 is 2.00 bits per heavy atom. The highest BCUT2D eigenvalue weighted by molar-refractivity contribution is 6.12. The fraction of sp³-hybridized carbons (Fsp3) is 0.263. The van der Waals surface area contributed by atoms with Gasteiger partial charge in [-0.1, -0.05) is 26.0 Å². The number of nitrogen functional groups attached to an aromatic ring is 1. The van der Waals surface area contributed by atoms with Crippen LogP contribution in [0.4, 0.5) is 5.69 Å². The molecule has 0 aromatic heterocycles. The summed E-state index contributed by atoms with van der Waals surface area (Å²) in [5.74, 6) is -3.02. The fourth-order valence-corrected chi connectivity index (χ4v) is 3.71. The number of primary amides is 1. The van der Waals surface area contributed by atoms with E-state index in [1.165, 1.54) is 12.1 Å². The van der Waals surface area contributed by atoms with Gasteiger partial charge in [-0.3, -0.25) is 9.59 Å². The Balaban J connectivity index is 1.91. The van der Waals surface area contributed by atoms with Crippen molar-refractivity contribution in [2.24, 2.45) is 5.73 Å². The number of fused-ring (bicyclic) bond motifs is 5. The number of carbonyl (C=O) groups excluding carboxylic acids is 2. The molecule has 1 aliphatic heterocycles. The van der Waals surface area contributed by atoms with Crippen molar-refractivity contribution in [2.45, 2.75) is 31.5 Å². The van der Waals surface area contributed by atoms with Crippen molar-refractivity contribution >= 4 is 17.4 Å². The number of ether oxygens (including phenoxy) is 1. The van der Waals surface area contributed by atoms with Crippen LogP contribution in [0.3, 0.4) is 0 Å². The molecule has 0 bridgehead atoms. The van der Waals surface area contributed by atoms with Crippen molar-refractivity contribution in [1.82, 2.24) is 0 Å². The third-order valence-corrected chi connectivity index (χ3v) is 5.02. The highest BCUT2D eigenvalue weighted by Gasteiger charge is 2.60. The summed E-state index contributed by atoms with van der Waals surface area (Å²) in [7, 11) is 0. The summed E-state index contributed by atoms with van der Waals surface area (Å²) in [5, 5.41) is 11.2. The van der Waals surface area contributed by atoms with Crippen molar-refractivity contribution in [2.75, 3.05) is 5.73 Å². The lowest BCUT2D eigenvalue weighted by Crippen LogP contribution is -2.32. The topological polar surface area (TPSA) is 116 Å². The Morgan fingerprint density at radius 3 is 2.64 bits per heavy atom. The van der Waals surface area contributed by atoms with Gasteiger partial charge >= 0.3 is 0 Å². The molecule has 0 spiro atoms. The predicted octanol–water partition coefficient (Wildman–Crippen LogP) is 2.01. The summed E-state index contributed by atoms with van der Waals surface area (Å²) < 4.78 is 5.82. The Hall–Kier alpha value is -2.86. The molecule has 6 heteroatoms. The molecule has 6 nitrogen and oxygen atoms in total. The molecule has 2 atom stereocenters. The van der Waals surface area contributed by atoms with E-state index in [1.807, 2.05) is 32.0 Å². The lowest BCUT2D eigenvalue weighted by atomic mass is 9.91. The number of hydrogen-bond acceptors (Lipinski definition) is 5. The van der Waals surface area contributed by atoms with E-state index < -0.39 is 17.6 Å². The zero-order valence-electron chi connectivity index (χ0n) is 13.9. The number of carbonyl (C=O) groups is 2. The van der Waals surface area contributed by atoms with Gasteiger partial charge in [-0.2, -0.15) is 0 Å². The average molecular weight is 338 g/mol. The van der Waals surface area contributed by atoms with Crippen molar-refractivity contribution < 1.29 is 19.4 Å². The van der Waals surface area contributed by atoms with Gasteiger partial charge in [-0.05, 0) is 29.7 Å². The first-order valence-electron chi connectivity index (χ1n) is 8.07. The number of amides is 1. The third-order valence-electron chi connectivity index (χ3n) is 5.02. The molecule has 2 aromatic rings. The van der Waals surface area contributed by atoms with E-state index in [2.05, 4.69) is 0 Å². The molecule has 128 valence electrons. The minimum Gasteiger partial charge on any atom is -0.457 e. The zero-order chi connectivity index (χ0) is 18.1. The van der Waals surface area contributed by atoms with E-state index in [4.69, 9.17) is 16.2 Å². The number of anilines is 1. The van der Waals surface area contributed by atoms with E-state index >= 15 is 0 Å². The van der Waals surface area contributed by atoms with Gasteiger partial charge < -0.3 is 21.3 Å². The minimum absolute atomic E-state index is 0.114. The van der Waals surface area contributed by atoms with Gasteiger partial charge in [-0.25, -0.2) is 0 Å². The Morgan fingerprint density at radius 1 is 1.28 bits per heavy atom. The van der Waals surface area contributed by atoms with Gasteiger partial charge in [0.25, 0.3) is 0 Å². The van der Waals surface area contributed by atoms with Crippen molar-refractivity contribution in [3.8, 4) is 5.75 Å². The standard InChI is InChI=1S/C19H18N2O4/c1-8(2)9-3-4-11-14(7-9)25-19(24)12-5-10(18(21)23)6-13(20)15(12)17(22)16(11)19/h3-8,16,24H,20H2,1-2H3,(H2,21,23). The first-order chi connectivity index (χ1) is 11.7. The summed E-state index contributed by atoms with van der Waals surface area (Å²) in [6.45, 7) is 4.10. The van der Waals surface area contributed by atoms with Gasteiger partial charge in [-0.15, -0.1) is 0 Å². The Labute approximate surface area is 144 Å². The van der Waals surface area contributed by atoms with Gasteiger partial charge in [0.05, 0.1) is 5.56 Å². The van der Waals surface area contributed by atoms with Crippen LogP contribution in [0.1, 0.15) is 63.1 Å². The maximum Gasteiger partial charge on any atom is 0.250 e. The Bertz CT molecular complexity index is 951. The molecule has 1 heterocycles. The third kappa shape index (κ3) is 1.94. The van der Waals surface area contributed by atoms with E-state index in [-0.39, 0.29) is 34.1 Å². The van der Waals surface area contributed by atoms with Crippen LogP contribution in [0.5, 0.6) is 5.75 Å². The van der Waals surface area contributed by atoms with Gasteiger partial charge in [0.2, 0.25) is 11.7 Å². The van der Waals surface area contributed by atoms with Crippen LogP contribution >= 0.6 is 0 Å². The number of benzene rings is 2. The molecule has 0 saturated heterocycles. The first kappa shape index (κ1) is 15.7. The highest BCUT2D eigenvalue weighted by atomic mass is 16.6. The zero-order valence-corrected chi connectivity index (χ0v) is 13.9. The normalized spacial score (nSPS) is 23.2. The molecule has 5 N–H and O–H groups in total. The van der Waals surface area contributed by atoms with Crippen molar-refractivity contribution in [3.63, 3.8) is 0 Å². The van der Waals surface area contributed by atoms with E-state index in [0.717, 1.165) is 5.56 Å². The molecule has 0 saturated carbocycles. The number of Topliss-reactive ketones (excluding diaryl/α,β-unsaturated/α-hetero) is 1. The maximum atomic E-state index is 12.9. The van der Waals surface area contributed by atoms with Crippen LogP contribution in [0.25, 0.3) is 0 Å². The minimum atomic E-state index is -1.87. The molecule has 1 aliphatic carbocycles. The van der Waals surface area contributed by atoms with Crippen LogP contribution in [0.2, 0.25) is 0 Å². The molecule has 2 aliphatic rings. The predicted molar refractivity (Wildman–Crippen MR) is 91.5 cm³/mol. The lowest BCUT2D eigenvalue weighted by Gasteiger charge is -2.22. The maximum absolute atomic E-state index is 12.9. The molecular formula is C19H18N2O4. The number of aliphatic hydroxyl groups is 1. The SMILES string of the molecule is CC(C)c1ccc2c(c1)OC1(O)c3cc(C(N)=O)cc(N)c3C(=O)C21. The van der Waals surface area contributed by atoms with Gasteiger partial charge in [0.15, 0.2) is 5.78 Å². The second-order valence-corrected chi connectivity index (χ2v) is 6.90. The van der Waals surface area contributed by atoms with Crippen LogP contribution in [0, 0.1) is 0 Å². The molecule has 4 rings (SSSR count). The average Bonchev–Trinajstić information content (AvgIpc) is 2.95. The van der Waals surface area contributed by atoms with Crippen LogP contribution < -0.4 is 16.2 Å². The monoisotopic (exact) mass is 338 g/mol. The Kier molecular flexibility index (Phi) is 3.02. The van der Waals surface area contributed by atoms with Crippen LogP contribution in [-0.2, 0) is 5.79 Å². The highest BCUT2D eigenvalue weighted by Crippen LogP contribution is 2.56. The molecule has 0 radical (unpaired) electrons. The number of hydrogen-bond donors (Lipinski definition) is 3. The first-order valence-corrected chi connectivity index (χ1v) is 8.07. The van der Waals surface area contributed by atoms with E-state index in [0.29, 0.717) is 11.3 Å². The smallest absolute Gasteiger partial charge is 0.250 e. The van der Waals surface area contributed by atoms with Crippen LogP contribution in [0.15, 0.2) is 30.3 Å². The molecular weight excluding hydrogens is 320 g/mol. The van der Waals surface area contributed by atoms with Gasteiger partial charge in [0, 0.05) is 22.4 Å². The summed E-state index contributed by atoms with van der Waals surface area (Å²) in [5.41, 5.74) is 13.6. The van der Waals surface area contributed by atoms with Crippen LogP contribution in [-0.4, -0.2) is 16.8 Å². The summed E-state index contributed by atoms with van der Waals surface area (Å²) in [4.78, 5) is 24.5. The number of rotatable bonds is 2. The second-order valence-electron chi connectivity index (χ2n) is 6.90. The summed E-state index contributed by atoms with van der Waals surface area (Å²) in [6, 6.07) is 8.31. The van der Waals surface area contributed by atoms with Gasteiger partial charge in [0.1, 0.15) is 11.7 Å². The number of nitrogens with two attached hydrogens (primary N) is 2. The molecule has 0 fully saturated rings. The molecule has 2 aromatic carbocycles. The van der Waals surface area contributed by atoms with Crippen molar-refractivity contribution in [1.29, 1.82) is 0 Å². The largest absolute Gasteiger partial charge is 0.457 e. The fourth-order valence-electron chi connectivity index (χ4n) is 3.71. The van der Waals surface area contributed by atoms with E-state index in [1.54, 1.807) is 0 Å². The van der Waals surface area contributed by atoms with Crippen molar-refractivity contribution in [3.05, 3.63) is 58.1 Å². The molecule has 1 amide bonds. The summed E-state index contributed by atoms with van der Waals surface area (Å²) in [6.07, 6.45) is 0. The lowest BCUT2D eigenvalue weighted by molar-refractivity contribution is -0.134. The molecule has 2 unspecified atom stereocenters. The molecule has 25 heavy (non-hydrogen) atoms. The summed E-state index contributed by atoms with van der Waals surface area (Å²) >= 11 is 0. The second kappa shape index (κ2) is 4.83. The van der Waals surface area contributed by atoms with E-state index in [9.17, 15) is 14.7 Å². The number of ketones is 1.